The van der Waals surface area contributed by atoms with Crippen molar-refractivity contribution >= 4 is 45.1 Å². The number of benzene rings is 1. The third-order valence-corrected chi connectivity index (χ3v) is 7.87. The van der Waals surface area contributed by atoms with Crippen LogP contribution in [0.3, 0.4) is 0 Å². The van der Waals surface area contributed by atoms with Crippen molar-refractivity contribution < 1.29 is 9.72 Å². The molecule has 0 aliphatic carbocycles. The maximum absolute atomic E-state index is 13.1. The molecule has 5 rings (SSSR count). The number of amides is 1. The Kier molecular flexibility index (Phi) is 5.75. The molecule has 1 amide bonds. The molecule has 0 radical (unpaired) electrons. The van der Waals surface area contributed by atoms with Crippen LogP contribution in [0.4, 0.5) is 16.5 Å². The summed E-state index contributed by atoms with van der Waals surface area (Å²) in [5, 5.41) is 24.0. The van der Waals surface area contributed by atoms with Crippen LogP contribution in [0.25, 0.3) is 9.88 Å². The second kappa shape index (κ2) is 8.83. The van der Waals surface area contributed by atoms with E-state index in [0.717, 1.165) is 40.9 Å². The number of anilines is 2. The highest BCUT2D eigenvalue weighted by Gasteiger charge is 2.28. The van der Waals surface area contributed by atoms with Crippen LogP contribution in [-0.4, -0.2) is 65.2 Å². The monoisotopic (exact) mass is 470 g/mol. The van der Waals surface area contributed by atoms with Crippen LogP contribution in [0.1, 0.15) is 23.2 Å². The highest BCUT2D eigenvalue weighted by Crippen LogP contribution is 2.33. The zero-order valence-electron chi connectivity index (χ0n) is 17.3. The number of carbonyl (C=O) groups is 1. The first-order valence-corrected chi connectivity index (χ1v) is 12.2. The number of hydrogen-bond acceptors (Lipinski definition) is 9. The van der Waals surface area contributed by atoms with Crippen LogP contribution < -0.4 is 9.80 Å². The fraction of sp³-hybridized carbons (Fsp3) is 0.381. The third-order valence-electron chi connectivity index (χ3n) is 5.85. The Labute approximate surface area is 193 Å². The van der Waals surface area contributed by atoms with E-state index in [1.807, 2.05) is 22.4 Å². The predicted molar refractivity (Wildman–Crippen MR) is 126 cm³/mol. The van der Waals surface area contributed by atoms with E-state index in [0.29, 0.717) is 37.4 Å². The maximum Gasteiger partial charge on any atom is 0.293 e. The maximum atomic E-state index is 13.1. The van der Waals surface area contributed by atoms with Crippen molar-refractivity contribution in [1.29, 1.82) is 0 Å². The first-order chi connectivity index (χ1) is 15.6. The van der Waals surface area contributed by atoms with E-state index >= 15 is 0 Å². The average Bonchev–Trinajstić information content (AvgIpc) is 3.60. The lowest BCUT2D eigenvalue weighted by atomic mass is 10.1. The Hall–Kier alpha value is -3.05. The van der Waals surface area contributed by atoms with Gasteiger partial charge in [0.05, 0.1) is 9.80 Å². The summed E-state index contributed by atoms with van der Waals surface area (Å²) in [5.74, 6) is -0.169. The Balaban J connectivity index is 1.26. The second-order valence-electron chi connectivity index (χ2n) is 7.80. The molecule has 4 heterocycles. The van der Waals surface area contributed by atoms with E-state index in [9.17, 15) is 14.9 Å². The van der Waals surface area contributed by atoms with E-state index in [-0.39, 0.29) is 16.5 Å². The summed E-state index contributed by atoms with van der Waals surface area (Å²) >= 11 is 3.19. The number of hydrogen-bond donors (Lipinski definition) is 0. The molecule has 2 aliphatic rings. The molecule has 2 aromatic heterocycles. The molecule has 0 unspecified atom stereocenters. The minimum atomic E-state index is -0.386. The van der Waals surface area contributed by atoms with Crippen molar-refractivity contribution in [3.8, 4) is 9.88 Å². The largest absolute Gasteiger partial charge is 0.366 e. The van der Waals surface area contributed by atoms with Gasteiger partial charge in [0.1, 0.15) is 5.69 Å². The zero-order valence-corrected chi connectivity index (χ0v) is 19.0. The highest BCUT2D eigenvalue weighted by molar-refractivity contribution is 7.22. The summed E-state index contributed by atoms with van der Waals surface area (Å²) in [7, 11) is 0. The number of aromatic nitrogens is 2. The molecule has 9 nitrogen and oxygen atoms in total. The molecule has 0 bridgehead atoms. The van der Waals surface area contributed by atoms with Crippen molar-refractivity contribution in [2.45, 2.75) is 12.8 Å². The summed E-state index contributed by atoms with van der Waals surface area (Å²) in [5.41, 5.74) is 0.974. The molecular weight excluding hydrogens is 448 g/mol. The predicted octanol–water partition coefficient (Wildman–Crippen LogP) is 3.74. The SMILES string of the molecule is O=C(c1ccc(N2CCCC2)c([N+](=O)[O-])c1)N1CCN(c2nnc(-c3cccs3)s2)CC1. The smallest absolute Gasteiger partial charge is 0.293 e. The molecule has 0 saturated carbocycles. The van der Waals surface area contributed by atoms with Gasteiger partial charge >= 0.3 is 0 Å². The van der Waals surface area contributed by atoms with Gasteiger partial charge in [-0.1, -0.05) is 17.4 Å². The Morgan fingerprint density at radius 1 is 1.00 bits per heavy atom. The standard InChI is InChI=1S/C21H22N6O3S2/c28-20(15-5-6-16(17(14-15)27(29)30)24-7-1-2-8-24)25-9-11-26(12-10-25)21-23-22-19(32-21)18-4-3-13-31-18/h3-6,13-14H,1-2,7-12H2. The van der Waals surface area contributed by atoms with Crippen LogP contribution in [0.2, 0.25) is 0 Å². The van der Waals surface area contributed by atoms with Gasteiger partial charge in [0.15, 0.2) is 5.01 Å². The number of piperazine rings is 1. The number of nitro benzene ring substituents is 1. The van der Waals surface area contributed by atoms with Crippen molar-refractivity contribution in [3.63, 3.8) is 0 Å². The zero-order chi connectivity index (χ0) is 22.1. The fourth-order valence-corrected chi connectivity index (χ4v) is 5.84. The van der Waals surface area contributed by atoms with Crippen molar-refractivity contribution in [3.05, 3.63) is 51.4 Å². The Morgan fingerprint density at radius 3 is 2.47 bits per heavy atom. The van der Waals surface area contributed by atoms with E-state index in [1.165, 1.54) is 6.07 Å². The Morgan fingerprint density at radius 2 is 1.78 bits per heavy atom. The van der Waals surface area contributed by atoms with Crippen molar-refractivity contribution in [2.24, 2.45) is 0 Å². The van der Waals surface area contributed by atoms with Gasteiger partial charge in [-0.2, -0.15) is 0 Å². The molecule has 0 atom stereocenters. The van der Waals surface area contributed by atoms with Gasteiger partial charge in [-0.25, -0.2) is 0 Å². The summed E-state index contributed by atoms with van der Waals surface area (Å²) < 4.78 is 0. The van der Waals surface area contributed by atoms with Crippen LogP contribution in [0.15, 0.2) is 35.7 Å². The molecule has 1 aromatic carbocycles. The molecule has 0 spiro atoms. The third kappa shape index (κ3) is 4.05. The molecule has 3 aromatic rings. The first-order valence-electron chi connectivity index (χ1n) is 10.5. The van der Waals surface area contributed by atoms with Crippen LogP contribution in [-0.2, 0) is 0 Å². The number of carbonyl (C=O) groups excluding carboxylic acids is 1. The fourth-order valence-electron chi connectivity index (χ4n) is 4.15. The second-order valence-corrected chi connectivity index (χ2v) is 9.70. The molecule has 2 saturated heterocycles. The van der Waals surface area contributed by atoms with Crippen molar-refractivity contribution in [1.82, 2.24) is 15.1 Å². The van der Waals surface area contributed by atoms with Gasteiger partial charge in [-0.15, -0.1) is 21.5 Å². The quantitative estimate of drug-likeness (QED) is 0.414. The number of nitrogens with zero attached hydrogens (tertiary/aromatic N) is 6. The van der Waals surface area contributed by atoms with Crippen LogP contribution in [0.5, 0.6) is 0 Å². The summed E-state index contributed by atoms with van der Waals surface area (Å²) in [6.45, 7) is 4.01. The van der Waals surface area contributed by atoms with Crippen LogP contribution >= 0.6 is 22.7 Å². The number of thiophene rings is 1. The average molecular weight is 471 g/mol. The summed E-state index contributed by atoms with van der Waals surface area (Å²) in [6.07, 6.45) is 2.07. The molecule has 166 valence electrons. The molecule has 32 heavy (non-hydrogen) atoms. The minimum Gasteiger partial charge on any atom is -0.366 e. The van der Waals surface area contributed by atoms with Gasteiger partial charge < -0.3 is 14.7 Å². The molecule has 2 fully saturated rings. The topological polar surface area (TPSA) is 95.7 Å². The van der Waals surface area contributed by atoms with Crippen LogP contribution in [0, 0.1) is 10.1 Å². The Bertz CT molecular complexity index is 1120. The van der Waals surface area contributed by atoms with E-state index in [4.69, 9.17) is 0 Å². The number of nitro groups is 1. The first kappa shape index (κ1) is 20.8. The van der Waals surface area contributed by atoms with Gasteiger partial charge in [-0.05, 0) is 36.4 Å². The molecular formula is C21H22N6O3S2. The summed E-state index contributed by atoms with van der Waals surface area (Å²) in [6, 6.07) is 8.89. The minimum absolute atomic E-state index is 0.00588. The van der Waals surface area contributed by atoms with Gasteiger partial charge in [0.25, 0.3) is 11.6 Å². The lowest BCUT2D eigenvalue weighted by Crippen LogP contribution is -2.48. The normalized spacial score (nSPS) is 16.6. The van der Waals surface area contributed by atoms with Gasteiger partial charge in [0, 0.05) is 50.9 Å². The van der Waals surface area contributed by atoms with E-state index in [1.54, 1.807) is 39.7 Å². The van der Waals surface area contributed by atoms with Crippen molar-refractivity contribution in [2.75, 3.05) is 49.1 Å². The summed E-state index contributed by atoms with van der Waals surface area (Å²) in [4.78, 5) is 31.3. The van der Waals surface area contributed by atoms with E-state index < -0.39 is 0 Å². The highest BCUT2D eigenvalue weighted by atomic mass is 32.1. The van der Waals surface area contributed by atoms with E-state index in [2.05, 4.69) is 15.1 Å². The molecule has 0 N–H and O–H groups in total. The van der Waals surface area contributed by atoms with Gasteiger partial charge in [-0.3, -0.25) is 14.9 Å². The number of rotatable bonds is 5. The lowest BCUT2D eigenvalue weighted by molar-refractivity contribution is -0.384. The van der Waals surface area contributed by atoms with Gasteiger partial charge in [0.2, 0.25) is 5.13 Å². The molecule has 2 aliphatic heterocycles. The lowest BCUT2D eigenvalue weighted by Gasteiger charge is -2.34. The molecule has 11 heteroatoms.